The van der Waals surface area contributed by atoms with Gasteiger partial charge in [0.15, 0.2) is 10.9 Å². The van der Waals surface area contributed by atoms with E-state index in [2.05, 4.69) is 0 Å². The van der Waals surface area contributed by atoms with Crippen molar-refractivity contribution in [3.63, 3.8) is 0 Å². The van der Waals surface area contributed by atoms with E-state index in [0.717, 1.165) is 12.1 Å². The van der Waals surface area contributed by atoms with Gasteiger partial charge >= 0.3 is 11.9 Å². The Hall–Kier alpha value is -4.68. The highest BCUT2D eigenvalue weighted by Crippen LogP contribution is 2.25. The number of benzene rings is 2. The predicted molar refractivity (Wildman–Crippen MR) is 122 cm³/mol. The third kappa shape index (κ3) is 4.89. The first-order chi connectivity index (χ1) is 17.2. The summed E-state index contributed by atoms with van der Waals surface area (Å²) in [5, 5.41) is 38.6. The highest BCUT2D eigenvalue weighted by molar-refractivity contribution is 5.90. The van der Waals surface area contributed by atoms with Gasteiger partial charge in [0.05, 0.1) is 0 Å². The summed E-state index contributed by atoms with van der Waals surface area (Å²) in [6, 6.07) is 10.1. The van der Waals surface area contributed by atoms with Crippen molar-refractivity contribution in [3.05, 3.63) is 80.5 Å². The molecule has 0 aliphatic carbocycles. The fourth-order valence-corrected chi connectivity index (χ4v) is 3.38. The van der Waals surface area contributed by atoms with Crippen LogP contribution in [0.3, 0.4) is 0 Å². The van der Waals surface area contributed by atoms with Crippen molar-refractivity contribution in [1.82, 2.24) is 0 Å². The number of carbonyl (C=O) groups is 2. The highest BCUT2D eigenvalue weighted by Gasteiger charge is 2.21. The Morgan fingerprint density at radius 3 is 1.47 bits per heavy atom. The molecule has 0 spiro atoms. The molecule has 0 bridgehead atoms. The van der Waals surface area contributed by atoms with Gasteiger partial charge < -0.3 is 38.7 Å². The maximum absolute atomic E-state index is 12.4. The second-order valence-electron chi connectivity index (χ2n) is 7.58. The Labute approximate surface area is 200 Å². The van der Waals surface area contributed by atoms with Gasteiger partial charge in [-0.2, -0.15) is 0 Å². The SMILES string of the molecule is O=C(O)c1cc(=O)c2c(OC[C@H](O)[C@@H](O)COc3cccc4oc(C(=O)O)cc(=O)c34)cccc2o1. The van der Waals surface area contributed by atoms with E-state index in [0.29, 0.717) is 0 Å². The third-order valence-electron chi connectivity index (χ3n) is 5.12. The van der Waals surface area contributed by atoms with Gasteiger partial charge in [0, 0.05) is 12.1 Å². The van der Waals surface area contributed by atoms with Crippen LogP contribution in [0.25, 0.3) is 21.9 Å². The first kappa shape index (κ1) is 24.4. The van der Waals surface area contributed by atoms with E-state index in [9.17, 15) is 29.4 Å². The van der Waals surface area contributed by atoms with E-state index in [1.807, 2.05) is 0 Å². The first-order valence-corrected chi connectivity index (χ1v) is 10.4. The van der Waals surface area contributed by atoms with Crippen molar-refractivity contribution >= 4 is 33.9 Å². The van der Waals surface area contributed by atoms with E-state index in [-0.39, 0.29) is 33.4 Å². The summed E-state index contributed by atoms with van der Waals surface area (Å²) in [5.74, 6) is -3.90. The number of ether oxygens (including phenoxy) is 2. The van der Waals surface area contributed by atoms with Gasteiger partial charge in [-0.05, 0) is 24.3 Å². The van der Waals surface area contributed by atoms with Crippen LogP contribution >= 0.6 is 0 Å². The quantitative estimate of drug-likeness (QED) is 0.260. The van der Waals surface area contributed by atoms with Crippen LogP contribution in [0.15, 0.2) is 67.0 Å². The van der Waals surface area contributed by atoms with Gasteiger partial charge in [0.2, 0.25) is 11.5 Å². The van der Waals surface area contributed by atoms with Gasteiger partial charge in [0.1, 0.15) is 58.9 Å². The maximum Gasteiger partial charge on any atom is 0.371 e. The van der Waals surface area contributed by atoms with E-state index in [4.69, 9.17) is 28.5 Å². The average molecular weight is 498 g/mol. The van der Waals surface area contributed by atoms with E-state index in [1.165, 1.54) is 36.4 Å². The zero-order chi connectivity index (χ0) is 26.0. The molecular weight excluding hydrogens is 480 g/mol. The number of carboxylic acids is 2. The molecule has 186 valence electrons. The summed E-state index contributed by atoms with van der Waals surface area (Å²) in [4.78, 5) is 46.9. The monoisotopic (exact) mass is 498 g/mol. The van der Waals surface area contributed by atoms with Gasteiger partial charge in [-0.1, -0.05) is 12.1 Å². The van der Waals surface area contributed by atoms with Crippen molar-refractivity contribution in [3.8, 4) is 11.5 Å². The molecule has 4 rings (SSSR count). The molecule has 4 N–H and O–H groups in total. The number of aromatic carboxylic acids is 2. The van der Waals surface area contributed by atoms with Crippen LogP contribution in [0.1, 0.15) is 21.1 Å². The van der Waals surface area contributed by atoms with Gasteiger partial charge in [0.25, 0.3) is 0 Å². The Morgan fingerprint density at radius 2 is 1.11 bits per heavy atom. The Morgan fingerprint density at radius 1 is 0.722 bits per heavy atom. The smallest absolute Gasteiger partial charge is 0.371 e. The van der Waals surface area contributed by atoms with E-state index in [1.54, 1.807) is 0 Å². The van der Waals surface area contributed by atoms with Crippen molar-refractivity contribution in [2.75, 3.05) is 13.2 Å². The van der Waals surface area contributed by atoms with Crippen LogP contribution in [0.4, 0.5) is 0 Å². The van der Waals surface area contributed by atoms with Crippen LogP contribution in [-0.2, 0) is 0 Å². The lowest BCUT2D eigenvalue weighted by Gasteiger charge is -2.19. The van der Waals surface area contributed by atoms with Gasteiger partial charge in [-0.15, -0.1) is 0 Å². The van der Waals surface area contributed by atoms with Crippen LogP contribution in [0.5, 0.6) is 11.5 Å². The largest absolute Gasteiger partial charge is 0.490 e. The number of hydrogen-bond donors (Lipinski definition) is 4. The standard InChI is InChI=1S/C24H18O12/c25-11-7-19(23(29)30)35-17-5-1-3-15(21(11)17)33-9-13(27)14(28)10-34-16-4-2-6-18-22(16)12(26)8-20(36-18)24(31)32/h1-8,13-14,27-28H,9-10H2,(H,29,30)(H,31,32)/t13-,14-/m0/s1. The van der Waals surface area contributed by atoms with Crippen molar-refractivity contribution in [1.29, 1.82) is 0 Å². The fourth-order valence-electron chi connectivity index (χ4n) is 3.38. The minimum absolute atomic E-state index is 0.00579. The van der Waals surface area contributed by atoms with Crippen molar-refractivity contribution in [2.24, 2.45) is 0 Å². The number of hydrogen-bond acceptors (Lipinski definition) is 10. The fraction of sp³-hybridized carbons (Fsp3) is 0.167. The second-order valence-corrected chi connectivity index (χ2v) is 7.58. The molecule has 36 heavy (non-hydrogen) atoms. The van der Waals surface area contributed by atoms with Crippen LogP contribution in [-0.4, -0.2) is 57.8 Å². The van der Waals surface area contributed by atoms with E-state index >= 15 is 0 Å². The van der Waals surface area contributed by atoms with Crippen LogP contribution in [0.2, 0.25) is 0 Å². The molecule has 0 fully saturated rings. The molecule has 0 aliphatic rings. The maximum atomic E-state index is 12.4. The topological polar surface area (TPSA) is 194 Å². The van der Waals surface area contributed by atoms with Crippen molar-refractivity contribution in [2.45, 2.75) is 12.2 Å². The second kappa shape index (κ2) is 9.90. The normalized spacial score (nSPS) is 12.8. The summed E-state index contributed by atoms with van der Waals surface area (Å²) in [7, 11) is 0. The molecule has 2 aromatic heterocycles. The number of rotatable bonds is 9. The molecule has 4 aromatic rings. The number of aliphatic hydroxyl groups excluding tert-OH is 2. The minimum Gasteiger partial charge on any atom is -0.490 e. The van der Waals surface area contributed by atoms with Crippen LogP contribution in [0, 0.1) is 0 Å². The lowest BCUT2D eigenvalue weighted by molar-refractivity contribution is -0.0284. The summed E-state index contributed by atoms with van der Waals surface area (Å²) < 4.78 is 21.3. The molecule has 12 heteroatoms. The molecule has 0 aliphatic heterocycles. The highest BCUT2D eigenvalue weighted by atomic mass is 16.5. The molecule has 0 saturated carbocycles. The van der Waals surface area contributed by atoms with E-state index < -0.39 is 59.7 Å². The Bertz CT molecular complexity index is 1460. The first-order valence-electron chi connectivity index (χ1n) is 10.4. The summed E-state index contributed by atoms with van der Waals surface area (Å²) in [6.45, 7) is -0.938. The molecule has 2 atom stereocenters. The minimum atomic E-state index is -1.49. The summed E-state index contributed by atoms with van der Waals surface area (Å²) in [5.41, 5.74) is -1.39. The Kier molecular flexibility index (Phi) is 6.72. The molecule has 0 radical (unpaired) electrons. The van der Waals surface area contributed by atoms with Gasteiger partial charge in [-0.3, -0.25) is 9.59 Å². The molecule has 0 amide bonds. The zero-order valence-electron chi connectivity index (χ0n) is 18.2. The lowest BCUT2D eigenvalue weighted by Crippen LogP contribution is -2.36. The predicted octanol–water partition coefficient (Wildman–Crippen LogP) is 1.48. The molecule has 2 heterocycles. The molecule has 2 aromatic carbocycles. The molecule has 12 nitrogen and oxygen atoms in total. The summed E-state index contributed by atoms with van der Waals surface area (Å²) in [6.07, 6.45) is -2.98. The Balaban J connectivity index is 1.46. The molecular formula is C24H18O12. The third-order valence-corrected chi connectivity index (χ3v) is 5.12. The zero-order valence-corrected chi connectivity index (χ0v) is 18.2. The number of carboxylic acid groups (broad SMARTS) is 2. The average Bonchev–Trinajstić information content (AvgIpc) is 2.85. The van der Waals surface area contributed by atoms with Gasteiger partial charge in [-0.25, -0.2) is 9.59 Å². The molecule has 0 unspecified atom stereocenters. The lowest BCUT2D eigenvalue weighted by atomic mass is 10.2. The van der Waals surface area contributed by atoms with Crippen molar-refractivity contribution < 1.29 is 48.3 Å². The van der Waals surface area contributed by atoms with Crippen LogP contribution < -0.4 is 20.3 Å². The summed E-state index contributed by atoms with van der Waals surface area (Å²) >= 11 is 0. The number of aliphatic hydroxyl groups is 2. The number of fused-ring (bicyclic) bond motifs is 2. The molecule has 0 saturated heterocycles.